The van der Waals surface area contributed by atoms with Crippen LogP contribution in [0.15, 0.2) is 12.1 Å². The summed E-state index contributed by atoms with van der Waals surface area (Å²) in [5, 5.41) is 3.08. The Morgan fingerprint density at radius 2 is 1.84 bits per heavy atom. The fourth-order valence-electron chi connectivity index (χ4n) is 6.21. The lowest BCUT2D eigenvalue weighted by atomic mass is 9.62. The van der Waals surface area contributed by atoms with Crippen molar-refractivity contribution in [3.63, 3.8) is 0 Å². The minimum absolute atomic E-state index is 0.0268. The summed E-state index contributed by atoms with van der Waals surface area (Å²) in [5.74, 6) is 1.24. The maximum atomic E-state index is 13.4. The lowest BCUT2D eigenvalue weighted by Gasteiger charge is -2.43. The third kappa shape index (κ3) is 5.78. The average molecular weight is 429 g/mol. The Morgan fingerprint density at radius 1 is 1.13 bits per heavy atom. The zero-order valence-electron chi connectivity index (χ0n) is 19.4. The molecule has 5 atom stereocenters. The number of anilines is 1. The summed E-state index contributed by atoms with van der Waals surface area (Å²) in [5.41, 5.74) is 13.3. The van der Waals surface area contributed by atoms with E-state index in [2.05, 4.69) is 10.3 Å². The number of amides is 2. The van der Waals surface area contributed by atoms with Gasteiger partial charge in [-0.3, -0.25) is 9.59 Å². The van der Waals surface area contributed by atoms with E-state index in [9.17, 15) is 9.59 Å². The molecular formula is C25H40N4O2. The molecule has 6 nitrogen and oxygen atoms in total. The van der Waals surface area contributed by atoms with Crippen molar-refractivity contribution in [1.82, 2.24) is 10.3 Å². The van der Waals surface area contributed by atoms with E-state index in [1.165, 1.54) is 38.5 Å². The largest absolute Gasteiger partial charge is 0.384 e. The van der Waals surface area contributed by atoms with Crippen molar-refractivity contribution in [1.29, 1.82) is 0 Å². The van der Waals surface area contributed by atoms with E-state index in [0.717, 1.165) is 30.0 Å². The monoisotopic (exact) mass is 428 g/mol. The van der Waals surface area contributed by atoms with E-state index >= 15 is 0 Å². The number of aromatic nitrogens is 1. The highest BCUT2D eigenvalue weighted by Gasteiger charge is 2.41. The molecule has 31 heavy (non-hydrogen) atoms. The Balaban J connectivity index is 1.76. The molecule has 2 saturated carbocycles. The van der Waals surface area contributed by atoms with Gasteiger partial charge in [0.15, 0.2) is 0 Å². The number of aryl methyl sites for hydroxylation is 1. The lowest BCUT2D eigenvalue weighted by molar-refractivity contribution is -0.136. The average Bonchev–Trinajstić information content (AvgIpc) is 2.72. The molecule has 5 N–H and O–H groups in total. The fourth-order valence-corrected chi connectivity index (χ4v) is 6.21. The van der Waals surface area contributed by atoms with E-state index in [0.29, 0.717) is 24.2 Å². The van der Waals surface area contributed by atoms with Crippen LogP contribution in [0.4, 0.5) is 5.82 Å². The molecule has 2 aliphatic rings. The van der Waals surface area contributed by atoms with Crippen LogP contribution in [0.1, 0.15) is 76.5 Å². The minimum Gasteiger partial charge on any atom is -0.384 e. The van der Waals surface area contributed by atoms with Gasteiger partial charge in [-0.1, -0.05) is 58.4 Å². The van der Waals surface area contributed by atoms with Crippen LogP contribution >= 0.6 is 0 Å². The number of pyridine rings is 1. The highest BCUT2D eigenvalue weighted by atomic mass is 16.2. The predicted octanol–water partition coefficient (Wildman–Crippen LogP) is 3.96. The number of carbonyl (C=O) groups is 2. The quantitative estimate of drug-likeness (QED) is 0.582. The van der Waals surface area contributed by atoms with Crippen molar-refractivity contribution in [3.8, 4) is 0 Å². The van der Waals surface area contributed by atoms with Crippen LogP contribution in [-0.4, -0.2) is 16.8 Å². The summed E-state index contributed by atoms with van der Waals surface area (Å²) in [4.78, 5) is 30.1. The van der Waals surface area contributed by atoms with Crippen molar-refractivity contribution in [3.05, 3.63) is 23.4 Å². The Labute approximate surface area is 186 Å². The molecule has 3 rings (SSSR count). The summed E-state index contributed by atoms with van der Waals surface area (Å²) in [6.07, 6.45) is 9.70. The van der Waals surface area contributed by atoms with Crippen LogP contribution in [0.5, 0.6) is 0 Å². The first kappa shape index (κ1) is 23.6. The number of fused-ring (bicyclic) bond motifs is 1. The third-order valence-corrected chi connectivity index (χ3v) is 7.77. The normalized spacial score (nSPS) is 25.5. The second kappa shape index (κ2) is 10.5. The molecule has 2 fully saturated rings. The van der Waals surface area contributed by atoms with E-state index in [1.54, 1.807) is 6.07 Å². The van der Waals surface area contributed by atoms with Crippen LogP contribution in [0.3, 0.4) is 0 Å². The van der Waals surface area contributed by atoms with Crippen LogP contribution in [0, 0.1) is 42.4 Å². The second-order valence-electron chi connectivity index (χ2n) is 10.1. The van der Waals surface area contributed by atoms with Crippen molar-refractivity contribution >= 4 is 17.6 Å². The standard InChI is InChI=1S/C25H40N4O2/c1-15(2)23(24(27)30)21(13-18-9-6-8-17-7-4-5-10-20(17)18)25(31)28-14-19-11-12-22(26)29-16(19)3/h11-12,15,17-18,20-21,23H,4-10,13-14H2,1-3H3,(H2,26,29)(H2,27,30)(H,28,31)/t17?,18?,20?,21-,23?/m0/s1. The van der Waals surface area contributed by atoms with E-state index in [4.69, 9.17) is 11.5 Å². The molecule has 4 unspecified atom stereocenters. The number of nitrogen functional groups attached to an aromatic ring is 1. The van der Waals surface area contributed by atoms with Gasteiger partial charge in [0.1, 0.15) is 5.82 Å². The van der Waals surface area contributed by atoms with Gasteiger partial charge in [0.25, 0.3) is 0 Å². The molecule has 0 spiro atoms. The summed E-state index contributed by atoms with van der Waals surface area (Å²) in [6.45, 7) is 6.26. The molecule has 1 aromatic rings. The number of nitrogens with two attached hydrogens (primary N) is 2. The number of rotatable bonds is 8. The minimum atomic E-state index is -0.449. The first-order chi connectivity index (χ1) is 14.8. The van der Waals surface area contributed by atoms with E-state index in [1.807, 2.05) is 26.8 Å². The Hall–Kier alpha value is -2.11. The SMILES string of the molecule is Cc1nc(N)ccc1CNC(=O)[C@@H](CC1CCCC2CCCCC21)C(C(N)=O)C(C)C. The van der Waals surface area contributed by atoms with Crippen LogP contribution < -0.4 is 16.8 Å². The molecule has 0 aliphatic heterocycles. The maximum Gasteiger partial charge on any atom is 0.224 e. The zero-order valence-corrected chi connectivity index (χ0v) is 19.4. The van der Waals surface area contributed by atoms with Crippen LogP contribution in [0.25, 0.3) is 0 Å². The summed E-state index contributed by atoms with van der Waals surface area (Å²) < 4.78 is 0. The van der Waals surface area contributed by atoms with Gasteiger partial charge in [0.05, 0.1) is 11.8 Å². The number of nitrogens with one attached hydrogen (secondary N) is 1. The number of carbonyl (C=O) groups excluding carboxylic acids is 2. The number of hydrogen-bond acceptors (Lipinski definition) is 4. The van der Waals surface area contributed by atoms with Gasteiger partial charge in [0.2, 0.25) is 11.8 Å². The first-order valence-electron chi connectivity index (χ1n) is 12.1. The molecule has 0 aromatic carbocycles. The maximum absolute atomic E-state index is 13.4. The van der Waals surface area contributed by atoms with Gasteiger partial charge in [-0.2, -0.15) is 0 Å². The molecule has 0 radical (unpaired) electrons. The molecule has 0 bridgehead atoms. The Kier molecular flexibility index (Phi) is 7.95. The first-order valence-corrected chi connectivity index (χ1v) is 12.1. The highest BCUT2D eigenvalue weighted by Crippen LogP contribution is 2.47. The molecule has 2 amide bonds. The Morgan fingerprint density at radius 3 is 2.52 bits per heavy atom. The molecule has 6 heteroatoms. The predicted molar refractivity (Wildman–Crippen MR) is 124 cm³/mol. The van der Waals surface area contributed by atoms with Crippen molar-refractivity contribution in [2.75, 3.05) is 5.73 Å². The fraction of sp³-hybridized carbons (Fsp3) is 0.720. The van der Waals surface area contributed by atoms with E-state index in [-0.39, 0.29) is 23.7 Å². The summed E-state index contributed by atoms with van der Waals surface area (Å²) in [6, 6.07) is 3.65. The smallest absolute Gasteiger partial charge is 0.224 e. The summed E-state index contributed by atoms with van der Waals surface area (Å²) >= 11 is 0. The lowest BCUT2D eigenvalue weighted by Crippen LogP contribution is -2.44. The molecule has 1 heterocycles. The van der Waals surface area contributed by atoms with Gasteiger partial charge < -0.3 is 16.8 Å². The molecule has 2 aliphatic carbocycles. The van der Waals surface area contributed by atoms with Gasteiger partial charge >= 0.3 is 0 Å². The Bertz CT molecular complexity index is 777. The van der Waals surface area contributed by atoms with Gasteiger partial charge in [-0.05, 0) is 55.1 Å². The zero-order chi connectivity index (χ0) is 22.5. The molecular weight excluding hydrogens is 388 g/mol. The van der Waals surface area contributed by atoms with Crippen molar-refractivity contribution in [2.24, 2.45) is 41.2 Å². The number of hydrogen-bond donors (Lipinski definition) is 3. The molecule has 0 saturated heterocycles. The van der Waals surface area contributed by atoms with Crippen LogP contribution in [0.2, 0.25) is 0 Å². The van der Waals surface area contributed by atoms with Gasteiger partial charge in [-0.15, -0.1) is 0 Å². The topological polar surface area (TPSA) is 111 Å². The van der Waals surface area contributed by atoms with Crippen molar-refractivity contribution in [2.45, 2.75) is 78.7 Å². The third-order valence-electron chi connectivity index (χ3n) is 7.77. The van der Waals surface area contributed by atoms with Gasteiger partial charge in [-0.25, -0.2) is 4.98 Å². The van der Waals surface area contributed by atoms with Crippen molar-refractivity contribution < 1.29 is 9.59 Å². The molecule has 1 aromatic heterocycles. The van der Waals surface area contributed by atoms with E-state index < -0.39 is 5.92 Å². The number of nitrogens with zero attached hydrogens (tertiary/aromatic N) is 1. The van der Waals surface area contributed by atoms with Gasteiger partial charge in [0, 0.05) is 12.2 Å². The highest BCUT2D eigenvalue weighted by molar-refractivity contribution is 5.87. The summed E-state index contributed by atoms with van der Waals surface area (Å²) in [7, 11) is 0. The van der Waals surface area contributed by atoms with Crippen LogP contribution in [-0.2, 0) is 16.1 Å². The number of primary amides is 1. The molecule has 172 valence electrons. The second-order valence-corrected chi connectivity index (χ2v) is 10.1.